The third-order valence-corrected chi connectivity index (χ3v) is 8.57. The number of hydrogen-bond acceptors (Lipinski definition) is 7. The Bertz CT molecular complexity index is 1430. The normalized spacial score (nSPS) is 16.2. The van der Waals surface area contributed by atoms with Crippen LogP contribution in [0.4, 0.5) is 0 Å². The van der Waals surface area contributed by atoms with Gasteiger partial charge in [0.15, 0.2) is 0 Å². The van der Waals surface area contributed by atoms with Crippen LogP contribution in [0.15, 0.2) is 53.1 Å². The molecular weight excluding hydrogens is 446 g/mol. The highest BCUT2D eigenvalue weighted by molar-refractivity contribution is 7.31. The van der Waals surface area contributed by atoms with Gasteiger partial charge in [0.05, 0.1) is 9.58 Å². The van der Waals surface area contributed by atoms with Crippen molar-refractivity contribution in [1.29, 1.82) is 5.26 Å². The van der Waals surface area contributed by atoms with Gasteiger partial charge in [-0.2, -0.15) is 5.26 Å². The summed E-state index contributed by atoms with van der Waals surface area (Å²) >= 11 is 4.86. The number of imide groups is 1. The minimum Gasteiger partial charge on any atom is -0.274 e. The number of thiazole rings is 1. The van der Waals surface area contributed by atoms with Crippen LogP contribution in [0.3, 0.4) is 0 Å². The summed E-state index contributed by atoms with van der Waals surface area (Å²) in [7, 11) is 0. The maximum absolute atomic E-state index is 12.8. The summed E-state index contributed by atoms with van der Waals surface area (Å²) in [6.07, 6.45) is 1.77. The van der Waals surface area contributed by atoms with Crippen molar-refractivity contribution in [3.63, 3.8) is 0 Å². The Morgan fingerprint density at radius 3 is 2.61 bits per heavy atom. The molecule has 1 aromatic carbocycles. The highest BCUT2D eigenvalue weighted by Gasteiger charge is 2.34. The highest BCUT2D eigenvalue weighted by Crippen LogP contribution is 2.40. The maximum Gasteiger partial charge on any atom is 0.271 e. The van der Waals surface area contributed by atoms with Crippen LogP contribution in [0.2, 0.25) is 0 Å². The quantitative estimate of drug-likeness (QED) is 0.283. The Hall–Kier alpha value is -3.12. The number of hydrogen-bond donors (Lipinski definition) is 0. The molecule has 152 valence electrons. The van der Waals surface area contributed by atoms with Crippen LogP contribution in [0.25, 0.3) is 35.6 Å². The minimum atomic E-state index is -0.522. The zero-order chi connectivity index (χ0) is 21.7. The fourth-order valence-electron chi connectivity index (χ4n) is 3.58. The van der Waals surface area contributed by atoms with Gasteiger partial charge in [-0.25, -0.2) is 4.98 Å². The first-order chi connectivity index (χ1) is 15.0. The summed E-state index contributed by atoms with van der Waals surface area (Å²) in [4.78, 5) is 34.0. The van der Waals surface area contributed by atoms with Crippen LogP contribution in [-0.4, -0.2) is 28.2 Å². The van der Waals surface area contributed by atoms with Crippen LogP contribution < -0.4 is 0 Å². The SMILES string of the molecule is CCN1C(=O)C(C#N)=C(C)/C(=C/c2cc3sc(-c4cc5ccccc5s4)nc3s2)C1=O. The zero-order valence-electron chi connectivity index (χ0n) is 16.6. The zero-order valence-corrected chi connectivity index (χ0v) is 19.1. The summed E-state index contributed by atoms with van der Waals surface area (Å²) < 4.78 is 2.29. The van der Waals surface area contributed by atoms with Crippen molar-refractivity contribution in [2.24, 2.45) is 0 Å². The summed E-state index contributed by atoms with van der Waals surface area (Å²) in [5.74, 6) is -0.883. The molecular formula is C23H15N3O2S3. The largest absolute Gasteiger partial charge is 0.274 e. The molecule has 0 spiro atoms. The molecule has 4 aromatic rings. The first-order valence-corrected chi connectivity index (χ1v) is 12.0. The average Bonchev–Trinajstić information content (AvgIpc) is 3.44. The number of likely N-dealkylation sites (N-methyl/N-ethyl adjacent to an activating group) is 1. The number of amides is 2. The van der Waals surface area contributed by atoms with E-state index in [1.165, 1.54) is 21.4 Å². The minimum absolute atomic E-state index is 0.0243. The van der Waals surface area contributed by atoms with Gasteiger partial charge in [-0.15, -0.1) is 34.0 Å². The van der Waals surface area contributed by atoms with Crippen LogP contribution in [0.5, 0.6) is 0 Å². The second-order valence-electron chi connectivity index (χ2n) is 7.01. The monoisotopic (exact) mass is 461 g/mol. The van der Waals surface area contributed by atoms with Gasteiger partial charge < -0.3 is 0 Å². The number of nitrogens with zero attached hydrogens (tertiary/aromatic N) is 3. The van der Waals surface area contributed by atoms with Gasteiger partial charge in [0.25, 0.3) is 11.8 Å². The molecule has 0 saturated carbocycles. The van der Waals surface area contributed by atoms with Crippen LogP contribution in [0, 0.1) is 11.3 Å². The molecule has 0 radical (unpaired) electrons. The molecule has 2 amide bonds. The molecule has 1 aliphatic heterocycles. The number of carbonyl (C=O) groups excluding carboxylic acids is 2. The Balaban J connectivity index is 1.54. The number of fused-ring (bicyclic) bond motifs is 2. The van der Waals surface area contributed by atoms with Gasteiger partial charge in [0, 0.05) is 21.7 Å². The topological polar surface area (TPSA) is 74.1 Å². The molecule has 0 atom stereocenters. The van der Waals surface area contributed by atoms with Crippen molar-refractivity contribution >= 4 is 71.5 Å². The molecule has 5 nitrogen and oxygen atoms in total. The van der Waals surface area contributed by atoms with Gasteiger partial charge in [-0.1, -0.05) is 18.2 Å². The van der Waals surface area contributed by atoms with E-state index in [4.69, 9.17) is 4.98 Å². The molecule has 0 bridgehead atoms. The summed E-state index contributed by atoms with van der Waals surface area (Å²) in [5, 5.41) is 11.6. The lowest BCUT2D eigenvalue weighted by atomic mass is 9.95. The van der Waals surface area contributed by atoms with E-state index in [0.717, 1.165) is 29.2 Å². The van der Waals surface area contributed by atoms with Crippen molar-refractivity contribution < 1.29 is 9.59 Å². The lowest BCUT2D eigenvalue weighted by Crippen LogP contribution is -2.42. The van der Waals surface area contributed by atoms with Gasteiger partial charge in [-0.05, 0) is 49.1 Å². The number of nitriles is 1. The second kappa shape index (κ2) is 7.54. The standard InChI is InChI=1S/C23H15N3O2S3/c1-3-26-22(27)15(12(2)16(11-24)23(26)28)9-14-10-19-20(29-14)25-21(31-19)18-8-13-6-4-5-7-17(13)30-18/h4-10H,3H2,1-2H3/b15-9-. The van der Waals surface area contributed by atoms with Crippen molar-refractivity contribution in [1.82, 2.24) is 9.88 Å². The molecule has 8 heteroatoms. The van der Waals surface area contributed by atoms with E-state index in [2.05, 4.69) is 18.2 Å². The Kier molecular flexibility index (Phi) is 4.82. The molecule has 4 heterocycles. The number of thiophene rings is 2. The van der Waals surface area contributed by atoms with Crippen LogP contribution in [-0.2, 0) is 9.59 Å². The third-order valence-electron chi connectivity index (χ3n) is 5.17. The summed E-state index contributed by atoms with van der Waals surface area (Å²) in [5.41, 5.74) is 0.839. The van der Waals surface area contributed by atoms with Gasteiger partial charge in [0.2, 0.25) is 0 Å². The molecule has 3 aromatic heterocycles. The number of aromatic nitrogens is 1. The van der Waals surface area contributed by atoms with Crippen molar-refractivity contribution in [3.8, 4) is 16.0 Å². The first kappa shape index (κ1) is 19.8. The maximum atomic E-state index is 12.8. The third kappa shape index (κ3) is 3.22. The van der Waals surface area contributed by atoms with Gasteiger partial charge >= 0.3 is 0 Å². The predicted molar refractivity (Wildman–Crippen MR) is 127 cm³/mol. The number of benzene rings is 1. The fraction of sp³-hybridized carbons (Fsp3) is 0.130. The highest BCUT2D eigenvalue weighted by atomic mass is 32.1. The Morgan fingerprint density at radius 2 is 1.90 bits per heavy atom. The molecule has 0 aliphatic carbocycles. The van der Waals surface area contributed by atoms with E-state index in [9.17, 15) is 14.9 Å². The van der Waals surface area contributed by atoms with E-state index in [-0.39, 0.29) is 18.0 Å². The molecule has 1 aliphatic rings. The first-order valence-electron chi connectivity index (χ1n) is 9.58. The summed E-state index contributed by atoms with van der Waals surface area (Å²) in [6.45, 7) is 3.61. The van der Waals surface area contributed by atoms with E-state index >= 15 is 0 Å². The molecule has 31 heavy (non-hydrogen) atoms. The second-order valence-corrected chi connectivity index (χ2v) is 10.2. The lowest BCUT2D eigenvalue weighted by Gasteiger charge is -2.26. The smallest absolute Gasteiger partial charge is 0.271 e. The van der Waals surface area contributed by atoms with E-state index < -0.39 is 5.91 Å². The van der Waals surface area contributed by atoms with Crippen LogP contribution in [0.1, 0.15) is 18.7 Å². The van der Waals surface area contributed by atoms with Gasteiger partial charge in [-0.3, -0.25) is 14.5 Å². The molecule has 0 N–H and O–H groups in total. The van der Waals surface area contributed by atoms with Crippen molar-refractivity contribution in [2.75, 3.05) is 6.54 Å². The van der Waals surface area contributed by atoms with Crippen molar-refractivity contribution in [3.05, 3.63) is 58.0 Å². The van der Waals surface area contributed by atoms with Crippen LogP contribution >= 0.6 is 34.0 Å². The van der Waals surface area contributed by atoms with Gasteiger partial charge in [0.1, 0.15) is 21.5 Å². The van der Waals surface area contributed by atoms with Crippen molar-refractivity contribution in [2.45, 2.75) is 13.8 Å². The van der Waals surface area contributed by atoms with E-state index in [0.29, 0.717) is 11.1 Å². The number of carbonyl (C=O) groups is 2. The molecule has 0 saturated heterocycles. The Labute approximate surface area is 190 Å². The predicted octanol–water partition coefficient (Wildman–Crippen LogP) is 5.85. The summed E-state index contributed by atoms with van der Waals surface area (Å²) in [6, 6.07) is 14.4. The Morgan fingerprint density at radius 1 is 1.10 bits per heavy atom. The molecule has 5 rings (SSSR count). The molecule has 0 fully saturated rings. The average molecular weight is 462 g/mol. The number of rotatable bonds is 3. The molecule has 0 unspecified atom stereocenters. The lowest BCUT2D eigenvalue weighted by molar-refractivity contribution is -0.140. The van der Waals surface area contributed by atoms with E-state index in [1.807, 2.05) is 24.3 Å². The van der Waals surface area contributed by atoms with E-state index in [1.54, 1.807) is 42.6 Å². The fourth-order valence-corrected chi connectivity index (χ4v) is 6.85.